The maximum absolute atomic E-state index is 12.7. The lowest BCUT2D eigenvalue weighted by atomic mass is 10.1. The molecule has 1 aromatic heterocycles. The Morgan fingerprint density at radius 1 is 1.20 bits per heavy atom. The summed E-state index contributed by atoms with van der Waals surface area (Å²) < 4.78 is 43.2. The minimum absolute atomic E-state index is 0.0456. The number of carbonyl (C=O) groups is 1. The van der Waals surface area contributed by atoms with E-state index in [4.69, 9.17) is 4.74 Å². The van der Waals surface area contributed by atoms with Crippen LogP contribution < -0.4 is 4.74 Å². The molecule has 0 saturated carbocycles. The molecule has 0 radical (unpaired) electrons. The van der Waals surface area contributed by atoms with Crippen LogP contribution in [0.4, 0.5) is 13.2 Å². The average molecular weight is 281 g/mol. The molecule has 0 spiro atoms. The summed E-state index contributed by atoms with van der Waals surface area (Å²) in [5.41, 5.74) is -0.403. The van der Waals surface area contributed by atoms with Crippen LogP contribution in [-0.2, 0) is 11.0 Å². The predicted octanol–water partition coefficient (Wildman–Crippen LogP) is 3.69. The fraction of sp³-hybridized carbons (Fsp3) is 0.143. The van der Waals surface area contributed by atoms with E-state index in [0.29, 0.717) is 5.69 Å². The molecular formula is C14H10F3NO2. The van der Waals surface area contributed by atoms with Gasteiger partial charge in [-0.25, -0.2) is 0 Å². The maximum atomic E-state index is 12.7. The van der Waals surface area contributed by atoms with Gasteiger partial charge in [0.1, 0.15) is 5.75 Å². The standard InChI is InChI=1S/C14H10F3NO2/c1-9(19)20-13-6-5-10(14(15,16)17)8-11(13)12-4-2-3-7-18-12/h2-8H,1H3. The second-order valence-corrected chi connectivity index (χ2v) is 4.02. The fourth-order valence-electron chi connectivity index (χ4n) is 1.67. The van der Waals surface area contributed by atoms with Gasteiger partial charge in [-0.1, -0.05) is 6.07 Å². The van der Waals surface area contributed by atoms with Crippen LogP contribution >= 0.6 is 0 Å². The Balaban J connectivity index is 2.57. The summed E-state index contributed by atoms with van der Waals surface area (Å²) >= 11 is 0. The van der Waals surface area contributed by atoms with Gasteiger partial charge in [0.25, 0.3) is 0 Å². The number of hydrogen-bond donors (Lipinski definition) is 0. The summed E-state index contributed by atoms with van der Waals surface area (Å²) in [4.78, 5) is 15.0. The van der Waals surface area contributed by atoms with Crippen molar-refractivity contribution in [2.75, 3.05) is 0 Å². The molecule has 0 saturated heterocycles. The monoisotopic (exact) mass is 281 g/mol. The first kappa shape index (κ1) is 14.0. The molecule has 0 aliphatic heterocycles. The van der Waals surface area contributed by atoms with E-state index in [9.17, 15) is 18.0 Å². The van der Waals surface area contributed by atoms with E-state index in [-0.39, 0.29) is 11.3 Å². The molecule has 20 heavy (non-hydrogen) atoms. The average Bonchev–Trinajstić information content (AvgIpc) is 2.38. The molecule has 0 unspecified atom stereocenters. The maximum Gasteiger partial charge on any atom is 0.416 e. The van der Waals surface area contributed by atoms with Crippen LogP contribution in [0.15, 0.2) is 42.6 Å². The van der Waals surface area contributed by atoms with Gasteiger partial charge in [-0.2, -0.15) is 13.2 Å². The molecule has 6 heteroatoms. The van der Waals surface area contributed by atoms with Gasteiger partial charge < -0.3 is 4.74 Å². The molecule has 0 aliphatic carbocycles. The molecule has 0 bridgehead atoms. The third-order valence-corrected chi connectivity index (χ3v) is 2.50. The van der Waals surface area contributed by atoms with Crippen molar-refractivity contribution in [1.29, 1.82) is 0 Å². The third-order valence-electron chi connectivity index (χ3n) is 2.50. The number of rotatable bonds is 2. The highest BCUT2D eigenvalue weighted by molar-refractivity contribution is 5.75. The first-order valence-electron chi connectivity index (χ1n) is 5.69. The second kappa shape index (κ2) is 5.32. The van der Waals surface area contributed by atoms with Crippen LogP contribution in [0.2, 0.25) is 0 Å². The van der Waals surface area contributed by atoms with Gasteiger partial charge in [-0.15, -0.1) is 0 Å². The number of aromatic nitrogens is 1. The van der Waals surface area contributed by atoms with Gasteiger partial charge in [0.2, 0.25) is 0 Å². The molecule has 2 aromatic rings. The number of pyridine rings is 1. The number of carbonyl (C=O) groups excluding carboxylic acids is 1. The summed E-state index contributed by atoms with van der Waals surface area (Å²) in [7, 11) is 0. The minimum Gasteiger partial charge on any atom is -0.426 e. The van der Waals surface area contributed by atoms with Crippen molar-refractivity contribution in [3.8, 4) is 17.0 Å². The van der Waals surface area contributed by atoms with Gasteiger partial charge in [0, 0.05) is 18.7 Å². The van der Waals surface area contributed by atoms with Crippen LogP contribution in [0.25, 0.3) is 11.3 Å². The van der Waals surface area contributed by atoms with Crippen molar-refractivity contribution in [2.24, 2.45) is 0 Å². The van der Waals surface area contributed by atoms with Gasteiger partial charge in [0.05, 0.1) is 11.3 Å². The fourth-order valence-corrected chi connectivity index (χ4v) is 1.67. The number of alkyl halides is 3. The van der Waals surface area contributed by atoms with Crippen molar-refractivity contribution in [3.05, 3.63) is 48.2 Å². The van der Waals surface area contributed by atoms with Gasteiger partial charge in [-0.05, 0) is 30.3 Å². The van der Waals surface area contributed by atoms with Gasteiger partial charge >= 0.3 is 12.1 Å². The van der Waals surface area contributed by atoms with Crippen LogP contribution in [0.3, 0.4) is 0 Å². The van der Waals surface area contributed by atoms with E-state index in [0.717, 1.165) is 18.2 Å². The van der Waals surface area contributed by atoms with Gasteiger partial charge in [0.15, 0.2) is 0 Å². The number of hydrogen-bond acceptors (Lipinski definition) is 3. The zero-order valence-corrected chi connectivity index (χ0v) is 10.4. The lowest BCUT2D eigenvalue weighted by molar-refractivity contribution is -0.137. The van der Waals surface area contributed by atoms with Crippen LogP contribution in [0, 0.1) is 0 Å². The summed E-state index contributed by atoms with van der Waals surface area (Å²) in [6, 6.07) is 7.73. The topological polar surface area (TPSA) is 39.2 Å². The predicted molar refractivity (Wildman–Crippen MR) is 66.0 cm³/mol. The smallest absolute Gasteiger partial charge is 0.416 e. The largest absolute Gasteiger partial charge is 0.426 e. The summed E-state index contributed by atoms with van der Waals surface area (Å²) in [6.07, 6.45) is -3.02. The van der Waals surface area contributed by atoms with Gasteiger partial charge in [-0.3, -0.25) is 9.78 Å². The van der Waals surface area contributed by atoms with Crippen molar-refractivity contribution in [2.45, 2.75) is 13.1 Å². The van der Waals surface area contributed by atoms with Crippen molar-refractivity contribution < 1.29 is 22.7 Å². The molecule has 1 heterocycles. The summed E-state index contributed by atoms with van der Waals surface area (Å²) in [6.45, 7) is 1.18. The van der Waals surface area contributed by atoms with E-state index in [2.05, 4.69) is 4.98 Å². The number of halogens is 3. The molecule has 0 aliphatic rings. The van der Waals surface area contributed by atoms with E-state index in [1.807, 2.05) is 0 Å². The molecule has 0 fully saturated rings. The van der Waals surface area contributed by atoms with E-state index in [1.54, 1.807) is 18.2 Å². The zero-order chi connectivity index (χ0) is 14.8. The number of esters is 1. The SMILES string of the molecule is CC(=O)Oc1ccc(C(F)(F)F)cc1-c1ccccn1. The Morgan fingerprint density at radius 3 is 2.50 bits per heavy atom. The normalized spacial score (nSPS) is 11.2. The molecule has 104 valence electrons. The van der Waals surface area contributed by atoms with Crippen molar-refractivity contribution in [3.63, 3.8) is 0 Å². The lowest BCUT2D eigenvalue weighted by Gasteiger charge is -2.12. The Bertz CT molecular complexity index is 624. The zero-order valence-electron chi connectivity index (χ0n) is 10.4. The highest BCUT2D eigenvalue weighted by atomic mass is 19.4. The molecule has 0 amide bonds. The quantitative estimate of drug-likeness (QED) is 0.622. The van der Waals surface area contributed by atoms with E-state index >= 15 is 0 Å². The Labute approximate surface area is 113 Å². The Hall–Kier alpha value is -2.37. The molecule has 0 N–H and O–H groups in total. The first-order valence-corrected chi connectivity index (χ1v) is 5.69. The van der Waals surface area contributed by atoms with Crippen LogP contribution in [0.5, 0.6) is 5.75 Å². The number of nitrogens with zero attached hydrogens (tertiary/aromatic N) is 1. The van der Waals surface area contributed by atoms with E-state index < -0.39 is 17.7 Å². The minimum atomic E-state index is -4.47. The highest BCUT2D eigenvalue weighted by Crippen LogP contribution is 2.36. The molecule has 3 nitrogen and oxygen atoms in total. The summed E-state index contributed by atoms with van der Waals surface area (Å²) in [5.74, 6) is -0.564. The molecule has 1 aromatic carbocycles. The lowest BCUT2D eigenvalue weighted by Crippen LogP contribution is -2.07. The third kappa shape index (κ3) is 3.14. The summed E-state index contributed by atoms with van der Waals surface area (Å²) in [5, 5.41) is 0. The molecule has 2 rings (SSSR count). The number of ether oxygens (including phenoxy) is 1. The highest BCUT2D eigenvalue weighted by Gasteiger charge is 2.31. The van der Waals surface area contributed by atoms with Crippen molar-refractivity contribution in [1.82, 2.24) is 4.98 Å². The molecule has 0 atom stereocenters. The Kier molecular flexibility index (Phi) is 3.74. The first-order chi connectivity index (χ1) is 9.38. The van der Waals surface area contributed by atoms with E-state index in [1.165, 1.54) is 13.1 Å². The molecular weight excluding hydrogens is 271 g/mol. The van der Waals surface area contributed by atoms with Crippen molar-refractivity contribution >= 4 is 5.97 Å². The Morgan fingerprint density at radius 2 is 1.95 bits per heavy atom. The van der Waals surface area contributed by atoms with Crippen LogP contribution in [-0.4, -0.2) is 11.0 Å². The second-order valence-electron chi connectivity index (χ2n) is 4.02. The number of benzene rings is 1. The van der Waals surface area contributed by atoms with Crippen LogP contribution in [0.1, 0.15) is 12.5 Å².